The molecule has 0 aliphatic carbocycles. The van der Waals surface area contributed by atoms with Crippen molar-refractivity contribution in [2.75, 3.05) is 20.1 Å². The van der Waals surface area contributed by atoms with E-state index in [0.29, 0.717) is 19.5 Å². The van der Waals surface area contributed by atoms with Crippen LogP contribution in [0.5, 0.6) is 0 Å². The van der Waals surface area contributed by atoms with Gasteiger partial charge in [-0.2, -0.15) is 0 Å². The third-order valence-corrected chi connectivity index (χ3v) is 4.07. The lowest BCUT2D eigenvalue weighted by Crippen LogP contribution is -2.39. The van der Waals surface area contributed by atoms with Gasteiger partial charge >= 0.3 is 6.03 Å². The molecule has 2 N–H and O–H groups in total. The highest BCUT2D eigenvalue weighted by Gasteiger charge is 2.17. The van der Waals surface area contributed by atoms with Crippen molar-refractivity contribution in [3.05, 3.63) is 16.1 Å². The summed E-state index contributed by atoms with van der Waals surface area (Å²) in [6, 6.07) is -0.108. The van der Waals surface area contributed by atoms with Crippen molar-refractivity contribution in [1.29, 1.82) is 0 Å². The zero-order valence-electron chi connectivity index (χ0n) is 13.6. The molecular formula is C15H27N3O2S. The molecule has 5 nitrogen and oxygen atoms in total. The molecule has 21 heavy (non-hydrogen) atoms. The molecule has 0 bridgehead atoms. The summed E-state index contributed by atoms with van der Waals surface area (Å²) in [5.41, 5.74) is 1.17. The third-order valence-electron chi connectivity index (χ3n) is 3.16. The van der Waals surface area contributed by atoms with E-state index in [1.165, 1.54) is 0 Å². The average Bonchev–Trinajstić information content (AvgIpc) is 2.84. The minimum absolute atomic E-state index is 0.0687. The number of carbonyl (C=O) groups is 1. The number of aliphatic hydroxyl groups is 1. The fourth-order valence-electron chi connectivity index (χ4n) is 1.66. The molecule has 1 atom stereocenters. The first-order valence-electron chi connectivity index (χ1n) is 7.32. The van der Waals surface area contributed by atoms with Gasteiger partial charge in [0.1, 0.15) is 0 Å². The average molecular weight is 313 g/mol. The molecule has 0 saturated heterocycles. The molecule has 6 heteroatoms. The summed E-state index contributed by atoms with van der Waals surface area (Å²) in [5, 5.41) is 15.2. The first kappa shape index (κ1) is 17.9. The van der Waals surface area contributed by atoms with Gasteiger partial charge in [-0.25, -0.2) is 9.78 Å². The highest BCUT2D eigenvalue weighted by atomic mass is 32.1. The molecule has 0 aliphatic rings. The van der Waals surface area contributed by atoms with Crippen molar-refractivity contribution >= 4 is 17.4 Å². The normalized spacial score (nSPS) is 13.0. The van der Waals surface area contributed by atoms with E-state index in [4.69, 9.17) is 0 Å². The Morgan fingerprint density at radius 2 is 2.19 bits per heavy atom. The van der Waals surface area contributed by atoms with Crippen molar-refractivity contribution in [3.8, 4) is 0 Å². The number of aliphatic hydroxyl groups excluding tert-OH is 1. The lowest BCUT2D eigenvalue weighted by atomic mass is 9.93. The van der Waals surface area contributed by atoms with Crippen LogP contribution < -0.4 is 5.32 Å². The number of urea groups is 1. The maximum Gasteiger partial charge on any atom is 0.317 e. The second-order valence-corrected chi connectivity index (χ2v) is 7.36. The number of amides is 2. The van der Waals surface area contributed by atoms with Crippen LogP contribution in [0.4, 0.5) is 4.79 Å². The van der Waals surface area contributed by atoms with E-state index in [2.05, 4.69) is 36.5 Å². The van der Waals surface area contributed by atoms with Crippen LogP contribution in [0, 0.1) is 0 Å². The summed E-state index contributed by atoms with van der Waals surface area (Å²) >= 11 is 1.64. The Balaban J connectivity index is 2.33. The van der Waals surface area contributed by atoms with Crippen LogP contribution >= 0.6 is 11.3 Å². The van der Waals surface area contributed by atoms with E-state index in [0.717, 1.165) is 17.1 Å². The number of nitrogens with zero attached hydrogens (tertiary/aromatic N) is 2. The molecule has 0 radical (unpaired) electrons. The van der Waals surface area contributed by atoms with Crippen molar-refractivity contribution in [2.45, 2.75) is 52.1 Å². The van der Waals surface area contributed by atoms with Gasteiger partial charge in [0.05, 0.1) is 16.8 Å². The van der Waals surface area contributed by atoms with E-state index in [-0.39, 0.29) is 17.6 Å². The minimum atomic E-state index is -0.383. The van der Waals surface area contributed by atoms with Crippen molar-refractivity contribution in [1.82, 2.24) is 15.2 Å². The van der Waals surface area contributed by atoms with Crippen LogP contribution in [0.15, 0.2) is 5.38 Å². The third kappa shape index (κ3) is 6.44. The van der Waals surface area contributed by atoms with Crippen LogP contribution in [0.2, 0.25) is 0 Å². The molecule has 1 aromatic heterocycles. The second kappa shape index (κ2) is 7.75. The predicted molar refractivity (Wildman–Crippen MR) is 86.8 cm³/mol. The fraction of sp³-hybridized carbons (Fsp3) is 0.733. The molecule has 1 heterocycles. The molecule has 2 amide bonds. The zero-order valence-corrected chi connectivity index (χ0v) is 14.5. The van der Waals surface area contributed by atoms with Crippen LogP contribution in [-0.4, -0.2) is 47.3 Å². The first-order valence-corrected chi connectivity index (χ1v) is 8.20. The standard InChI is InChI=1S/C15H27N3O2S/c1-11(19)7-9-18(5)14(20)16-8-6-13-17-12(10-21-13)15(2,3)4/h10-11,19H,6-9H2,1-5H3,(H,16,20). The molecule has 0 aromatic carbocycles. The number of nitrogens with one attached hydrogen (secondary N) is 1. The Bertz CT molecular complexity index is 452. The maximum atomic E-state index is 11.8. The SMILES string of the molecule is CC(O)CCN(C)C(=O)NCCc1nc(C(C)(C)C)cs1. The lowest BCUT2D eigenvalue weighted by molar-refractivity contribution is 0.163. The number of hydrogen-bond donors (Lipinski definition) is 2. The minimum Gasteiger partial charge on any atom is -0.393 e. The van der Waals surface area contributed by atoms with E-state index < -0.39 is 0 Å². The summed E-state index contributed by atoms with van der Waals surface area (Å²) in [7, 11) is 1.73. The summed E-state index contributed by atoms with van der Waals surface area (Å²) in [4.78, 5) is 18.0. The topological polar surface area (TPSA) is 65.5 Å². The van der Waals surface area contributed by atoms with Gasteiger partial charge in [-0.15, -0.1) is 11.3 Å². The van der Waals surface area contributed by atoms with E-state index >= 15 is 0 Å². The first-order chi connectivity index (χ1) is 9.70. The van der Waals surface area contributed by atoms with Crippen molar-refractivity contribution < 1.29 is 9.90 Å². The molecule has 0 spiro atoms. The molecule has 0 aliphatic heterocycles. The molecule has 1 rings (SSSR count). The molecule has 120 valence electrons. The molecule has 1 aromatic rings. The van der Waals surface area contributed by atoms with Crippen molar-refractivity contribution in [3.63, 3.8) is 0 Å². The summed E-state index contributed by atoms with van der Waals surface area (Å²) in [6.07, 6.45) is 0.952. The van der Waals surface area contributed by atoms with Gasteiger partial charge < -0.3 is 15.3 Å². The Hall–Kier alpha value is -1.14. The Labute approximate surface area is 131 Å². The number of hydrogen-bond acceptors (Lipinski definition) is 4. The van der Waals surface area contributed by atoms with E-state index in [9.17, 15) is 9.90 Å². The summed E-state index contributed by atoms with van der Waals surface area (Å²) < 4.78 is 0. The molecule has 0 fully saturated rings. The highest BCUT2D eigenvalue weighted by molar-refractivity contribution is 7.09. The molecule has 1 unspecified atom stereocenters. The monoisotopic (exact) mass is 313 g/mol. The number of carbonyl (C=O) groups excluding carboxylic acids is 1. The van der Waals surface area contributed by atoms with Gasteiger partial charge in [0, 0.05) is 37.4 Å². The van der Waals surface area contributed by atoms with Gasteiger partial charge in [0.15, 0.2) is 0 Å². The number of rotatable bonds is 6. The van der Waals surface area contributed by atoms with E-state index in [1.807, 2.05) is 0 Å². The van der Waals surface area contributed by atoms with Gasteiger partial charge in [0.25, 0.3) is 0 Å². The van der Waals surface area contributed by atoms with Crippen LogP contribution in [0.1, 0.15) is 44.8 Å². The highest BCUT2D eigenvalue weighted by Crippen LogP contribution is 2.23. The Kier molecular flexibility index (Phi) is 6.61. The van der Waals surface area contributed by atoms with Gasteiger partial charge in [-0.3, -0.25) is 0 Å². The Morgan fingerprint density at radius 1 is 1.52 bits per heavy atom. The molecule has 0 saturated carbocycles. The van der Waals surface area contributed by atoms with Crippen LogP contribution in [0.3, 0.4) is 0 Å². The fourth-order valence-corrected chi connectivity index (χ4v) is 2.69. The summed E-state index contributed by atoms with van der Waals surface area (Å²) in [6.45, 7) is 9.28. The van der Waals surface area contributed by atoms with Crippen LogP contribution in [0.25, 0.3) is 0 Å². The van der Waals surface area contributed by atoms with Crippen LogP contribution in [-0.2, 0) is 11.8 Å². The maximum absolute atomic E-state index is 11.8. The predicted octanol–water partition coefficient (Wildman–Crippen LogP) is 2.40. The van der Waals surface area contributed by atoms with Gasteiger partial charge in [-0.05, 0) is 13.3 Å². The molecular weight excluding hydrogens is 286 g/mol. The van der Waals surface area contributed by atoms with Crippen molar-refractivity contribution in [2.24, 2.45) is 0 Å². The smallest absolute Gasteiger partial charge is 0.317 e. The van der Waals surface area contributed by atoms with E-state index in [1.54, 1.807) is 30.2 Å². The zero-order chi connectivity index (χ0) is 16.0. The quantitative estimate of drug-likeness (QED) is 0.847. The van der Waals surface area contributed by atoms with Gasteiger partial charge in [-0.1, -0.05) is 20.8 Å². The number of thiazole rings is 1. The van der Waals surface area contributed by atoms with Gasteiger partial charge in [0.2, 0.25) is 0 Å². The second-order valence-electron chi connectivity index (χ2n) is 6.42. The summed E-state index contributed by atoms with van der Waals surface area (Å²) in [5.74, 6) is 0. The largest absolute Gasteiger partial charge is 0.393 e. The Morgan fingerprint density at radius 3 is 2.71 bits per heavy atom. The lowest BCUT2D eigenvalue weighted by Gasteiger charge is -2.18. The number of aromatic nitrogens is 1.